The van der Waals surface area contributed by atoms with Gasteiger partial charge in [-0.15, -0.1) is 0 Å². The van der Waals surface area contributed by atoms with Gasteiger partial charge in [0.2, 0.25) is 0 Å². The van der Waals surface area contributed by atoms with Crippen LogP contribution in [0.25, 0.3) is 0 Å². The number of nitrogens with one attached hydrogen (secondary N) is 1. The zero-order valence-corrected chi connectivity index (χ0v) is 9.60. The molecular formula is C12H14N2O3. The number of hydrogen-bond donors (Lipinski definition) is 1. The molecular weight excluding hydrogens is 220 g/mol. The highest BCUT2D eigenvalue weighted by Crippen LogP contribution is 2.27. The summed E-state index contributed by atoms with van der Waals surface area (Å²) >= 11 is 0. The number of benzene rings is 1. The largest absolute Gasteiger partial charge is 0.352 e. The van der Waals surface area contributed by atoms with Crippen molar-refractivity contribution in [2.24, 2.45) is 5.92 Å². The molecule has 0 unspecified atom stereocenters. The molecule has 2 rings (SSSR count). The van der Waals surface area contributed by atoms with Gasteiger partial charge in [0, 0.05) is 23.7 Å². The Kier molecular flexibility index (Phi) is 3.08. The van der Waals surface area contributed by atoms with Gasteiger partial charge in [-0.3, -0.25) is 14.9 Å². The molecule has 90 valence electrons. The number of nitrogens with zero attached hydrogens (tertiary/aromatic N) is 1. The van der Waals surface area contributed by atoms with Gasteiger partial charge in [-0.25, -0.2) is 0 Å². The number of nitro groups is 1. The second-order valence-corrected chi connectivity index (χ2v) is 4.41. The number of carbonyl (C=O) groups excluding carboxylic acids is 1. The van der Waals surface area contributed by atoms with Crippen LogP contribution in [-0.4, -0.2) is 17.4 Å². The maximum atomic E-state index is 11.7. The van der Waals surface area contributed by atoms with Gasteiger partial charge < -0.3 is 5.32 Å². The Morgan fingerprint density at radius 3 is 2.82 bits per heavy atom. The highest BCUT2D eigenvalue weighted by molar-refractivity contribution is 5.95. The van der Waals surface area contributed by atoms with E-state index in [9.17, 15) is 14.9 Å². The molecule has 0 aliphatic heterocycles. The third kappa shape index (κ3) is 2.81. The summed E-state index contributed by atoms with van der Waals surface area (Å²) in [5.74, 6) is 0.361. The molecule has 1 aliphatic carbocycles. The van der Waals surface area contributed by atoms with Crippen LogP contribution in [-0.2, 0) is 0 Å². The zero-order valence-electron chi connectivity index (χ0n) is 9.60. The van der Waals surface area contributed by atoms with Crippen LogP contribution in [0.3, 0.4) is 0 Å². The molecule has 0 bridgehead atoms. The van der Waals surface area contributed by atoms with Crippen LogP contribution in [0.5, 0.6) is 0 Å². The van der Waals surface area contributed by atoms with Gasteiger partial charge in [-0.2, -0.15) is 0 Å². The van der Waals surface area contributed by atoms with Gasteiger partial charge in [-0.05, 0) is 31.7 Å². The van der Waals surface area contributed by atoms with Crippen molar-refractivity contribution in [2.45, 2.75) is 19.8 Å². The van der Waals surface area contributed by atoms with E-state index < -0.39 is 4.92 Å². The van der Waals surface area contributed by atoms with Crippen molar-refractivity contribution in [3.63, 3.8) is 0 Å². The molecule has 5 heteroatoms. The average molecular weight is 234 g/mol. The van der Waals surface area contributed by atoms with Gasteiger partial charge in [0.15, 0.2) is 0 Å². The summed E-state index contributed by atoms with van der Waals surface area (Å²) < 4.78 is 0. The predicted octanol–water partition coefficient (Wildman–Crippen LogP) is 2.04. The minimum Gasteiger partial charge on any atom is -0.352 e. The van der Waals surface area contributed by atoms with Crippen LogP contribution < -0.4 is 5.32 Å². The number of nitro benzene ring substituents is 1. The van der Waals surface area contributed by atoms with Crippen LogP contribution in [0.4, 0.5) is 5.69 Å². The van der Waals surface area contributed by atoms with E-state index in [0.717, 1.165) is 12.8 Å². The fraction of sp³-hybridized carbons (Fsp3) is 0.417. The molecule has 1 fully saturated rings. The van der Waals surface area contributed by atoms with Crippen molar-refractivity contribution in [3.8, 4) is 0 Å². The van der Waals surface area contributed by atoms with E-state index >= 15 is 0 Å². The van der Waals surface area contributed by atoms with Crippen LogP contribution >= 0.6 is 0 Å². The second-order valence-electron chi connectivity index (χ2n) is 4.41. The lowest BCUT2D eigenvalue weighted by Gasteiger charge is -2.04. The topological polar surface area (TPSA) is 72.2 Å². The molecule has 5 nitrogen and oxygen atoms in total. The minimum atomic E-state index is -0.465. The Bertz CT molecular complexity index is 467. The lowest BCUT2D eigenvalue weighted by Crippen LogP contribution is -2.25. The van der Waals surface area contributed by atoms with Gasteiger partial charge in [-0.1, -0.05) is 6.07 Å². The number of hydrogen-bond acceptors (Lipinski definition) is 3. The van der Waals surface area contributed by atoms with E-state index in [2.05, 4.69) is 5.32 Å². The number of carbonyl (C=O) groups is 1. The molecule has 0 aromatic heterocycles. The fourth-order valence-corrected chi connectivity index (χ4v) is 1.61. The van der Waals surface area contributed by atoms with E-state index in [-0.39, 0.29) is 11.6 Å². The Labute approximate surface area is 99.0 Å². The van der Waals surface area contributed by atoms with Gasteiger partial charge in [0.1, 0.15) is 0 Å². The Hall–Kier alpha value is -1.91. The summed E-state index contributed by atoms with van der Waals surface area (Å²) in [7, 11) is 0. The summed E-state index contributed by atoms with van der Waals surface area (Å²) in [6, 6.07) is 4.55. The second kappa shape index (κ2) is 4.53. The predicted molar refractivity (Wildman–Crippen MR) is 62.9 cm³/mol. The first-order valence-corrected chi connectivity index (χ1v) is 5.61. The molecule has 1 aromatic carbocycles. The Morgan fingerprint density at radius 1 is 1.53 bits per heavy atom. The zero-order chi connectivity index (χ0) is 12.4. The third-order valence-corrected chi connectivity index (χ3v) is 2.92. The first-order valence-electron chi connectivity index (χ1n) is 5.61. The van der Waals surface area contributed by atoms with Crippen molar-refractivity contribution < 1.29 is 9.72 Å². The number of rotatable bonds is 4. The molecule has 1 N–H and O–H groups in total. The van der Waals surface area contributed by atoms with Crippen LogP contribution in [0.15, 0.2) is 18.2 Å². The number of amides is 1. The molecule has 17 heavy (non-hydrogen) atoms. The Balaban J connectivity index is 2.11. The SMILES string of the molecule is Cc1ccc(C(=O)NCC2CC2)cc1[N+](=O)[O-]. The molecule has 1 aliphatic rings. The first kappa shape index (κ1) is 11.6. The van der Waals surface area contributed by atoms with Crippen molar-refractivity contribution in [1.29, 1.82) is 0 Å². The van der Waals surface area contributed by atoms with Gasteiger partial charge in [0.25, 0.3) is 11.6 Å². The third-order valence-electron chi connectivity index (χ3n) is 2.92. The van der Waals surface area contributed by atoms with Crippen LogP contribution in [0, 0.1) is 23.0 Å². The normalized spacial score (nSPS) is 14.4. The van der Waals surface area contributed by atoms with Gasteiger partial charge >= 0.3 is 0 Å². The molecule has 0 heterocycles. The van der Waals surface area contributed by atoms with E-state index in [1.807, 2.05) is 0 Å². The highest BCUT2D eigenvalue weighted by Gasteiger charge is 2.22. The summed E-state index contributed by atoms with van der Waals surface area (Å²) in [6.45, 7) is 2.32. The maximum absolute atomic E-state index is 11.7. The van der Waals surface area contributed by atoms with Crippen molar-refractivity contribution >= 4 is 11.6 Å². The molecule has 1 amide bonds. The summed E-state index contributed by atoms with van der Waals surface area (Å²) in [6.07, 6.45) is 2.32. The summed E-state index contributed by atoms with van der Waals surface area (Å²) in [5, 5.41) is 13.5. The van der Waals surface area contributed by atoms with E-state index in [1.165, 1.54) is 6.07 Å². The standard InChI is InChI=1S/C12H14N2O3/c1-8-2-5-10(6-11(8)14(16)17)12(15)13-7-9-3-4-9/h2,5-6,9H,3-4,7H2,1H3,(H,13,15). The van der Waals surface area contributed by atoms with Crippen molar-refractivity contribution in [2.75, 3.05) is 6.54 Å². The van der Waals surface area contributed by atoms with Gasteiger partial charge in [0.05, 0.1) is 4.92 Å². The van der Waals surface area contributed by atoms with Crippen molar-refractivity contribution in [3.05, 3.63) is 39.4 Å². The first-order chi connectivity index (χ1) is 8.08. The van der Waals surface area contributed by atoms with E-state index in [4.69, 9.17) is 0 Å². The number of aryl methyl sites for hydroxylation is 1. The maximum Gasteiger partial charge on any atom is 0.273 e. The molecule has 1 saturated carbocycles. The highest BCUT2D eigenvalue weighted by atomic mass is 16.6. The van der Waals surface area contributed by atoms with Crippen LogP contribution in [0.2, 0.25) is 0 Å². The molecule has 0 radical (unpaired) electrons. The van der Waals surface area contributed by atoms with E-state index in [1.54, 1.807) is 19.1 Å². The molecule has 1 aromatic rings. The average Bonchev–Trinajstić information content (AvgIpc) is 3.10. The summed E-state index contributed by atoms with van der Waals surface area (Å²) in [4.78, 5) is 22.0. The fourth-order valence-electron chi connectivity index (χ4n) is 1.61. The minimum absolute atomic E-state index is 0.0101. The quantitative estimate of drug-likeness (QED) is 0.640. The molecule has 0 spiro atoms. The monoisotopic (exact) mass is 234 g/mol. The smallest absolute Gasteiger partial charge is 0.273 e. The van der Waals surface area contributed by atoms with Crippen LogP contribution in [0.1, 0.15) is 28.8 Å². The van der Waals surface area contributed by atoms with E-state index in [0.29, 0.717) is 23.6 Å². The summed E-state index contributed by atoms with van der Waals surface area (Å²) in [5.41, 5.74) is 0.903. The molecule has 0 saturated heterocycles. The van der Waals surface area contributed by atoms with Crippen molar-refractivity contribution in [1.82, 2.24) is 5.32 Å². The molecule has 0 atom stereocenters. The lowest BCUT2D eigenvalue weighted by atomic mass is 10.1. The Morgan fingerprint density at radius 2 is 2.24 bits per heavy atom. The lowest BCUT2D eigenvalue weighted by molar-refractivity contribution is -0.385.